The Bertz CT molecular complexity index is 645. The van der Waals surface area contributed by atoms with Gasteiger partial charge >= 0.3 is 0 Å². The Morgan fingerprint density at radius 2 is 1.89 bits per heavy atom. The maximum atomic E-state index is 9.14. The maximum absolute atomic E-state index is 9.14. The maximum Gasteiger partial charge on any atom is 0.127 e. The Balaban J connectivity index is 2.03. The van der Waals surface area contributed by atoms with Gasteiger partial charge in [0.2, 0.25) is 0 Å². The van der Waals surface area contributed by atoms with Gasteiger partial charge in [-0.25, -0.2) is 0 Å². The van der Waals surface area contributed by atoms with Crippen LogP contribution in [-0.4, -0.2) is 12.1 Å². The minimum atomic E-state index is 0.0938. The quantitative estimate of drug-likeness (QED) is 0.893. The zero-order valence-corrected chi connectivity index (χ0v) is 10.7. The summed E-state index contributed by atoms with van der Waals surface area (Å²) >= 11 is 0. The SMILES string of the molecule is N#Cc1ccc(OC2CCCC2N)c2ccccc12. The number of benzene rings is 2. The van der Waals surface area contributed by atoms with Crippen molar-refractivity contribution in [2.24, 2.45) is 5.73 Å². The van der Waals surface area contributed by atoms with Gasteiger partial charge in [0.1, 0.15) is 11.9 Å². The van der Waals surface area contributed by atoms with Crippen LogP contribution in [0.1, 0.15) is 24.8 Å². The lowest BCUT2D eigenvalue weighted by atomic mass is 10.0. The highest BCUT2D eigenvalue weighted by Gasteiger charge is 2.26. The highest BCUT2D eigenvalue weighted by Crippen LogP contribution is 2.31. The van der Waals surface area contributed by atoms with Gasteiger partial charge in [-0.2, -0.15) is 5.26 Å². The summed E-state index contributed by atoms with van der Waals surface area (Å²) in [6.07, 6.45) is 3.25. The van der Waals surface area contributed by atoms with Crippen LogP contribution < -0.4 is 10.5 Å². The molecule has 0 saturated heterocycles. The fourth-order valence-electron chi connectivity index (χ4n) is 2.74. The molecule has 2 N–H and O–H groups in total. The molecule has 0 radical (unpaired) electrons. The third-order valence-electron chi connectivity index (χ3n) is 3.79. The van der Waals surface area contributed by atoms with Crippen LogP contribution in [0, 0.1) is 11.3 Å². The van der Waals surface area contributed by atoms with Gasteiger partial charge < -0.3 is 10.5 Å². The molecule has 3 heteroatoms. The number of nitriles is 1. The molecule has 19 heavy (non-hydrogen) atoms. The van der Waals surface area contributed by atoms with Crippen molar-refractivity contribution in [2.75, 3.05) is 0 Å². The van der Waals surface area contributed by atoms with E-state index in [-0.39, 0.29) is 12.1 Å². The van der Waals surface area contributed by atoms with Crippen LogP contribution >= 0.6 is 0 Å². The normalized spacial score (nSPS) is 22.3. The molecule has 2 unspecified atom stereocenters. The lowest BCUT2D eigenvalue weighted by Crippen LogP contribution is -2.33. The van der Waals surface area contributed by atoms with Crippen molar-refractivity contribution in [1.29, 1.82) is 5.26 Å². The Hall–Kier alpha value is -2.05. The van der Waals surface area contributed by atoms with Crippen molar-refractivity contribution in [3.63, 3.8) is 0 Å². The molecule has 0 amide bonds. The predicted molar refractivity (Wildman–Crippen MR) is 74.9 cm³/mol. The van der Waals surface area contributed by atoms with Gasteiger partial charge in [0.15, 0.2) is 0 Å². The fraction of sp³-hybridized carbons (Fsp3) is 0.312. The van der Waals surface area contributed by atoms with Crippen LogP contribution in [0.3, 0.4) is 0 Å². The smallest absolute Gasteiger partial charge is 0.127 e. The molecule has 0 aliphatic heterocycles. The Labute approximate surface area is 112 Å². The van der Waals surface area contributed by atoms with Crippen LogP contribution in [0.2, 0.25) is 0 Å². The van der Waals surface area contributed by atoms with Gasteiger partial charge in [0, 0.05) is 16.8 Å². The molecule has 1 saturated carbocycles. The molecule has 0 heterocycles. The third-order valence-corrected chi connectivity index (χ3v) is 3.79. The van der Waals surface area contributed by atoms with Gasteiger partial charge in [-0.05, 0) is 31.4 Å². The highest BCUT2D eigenvalue weighted by atomic mass is 16.5. The molecule has 3 nitrogen and oxygen atoms in total. The van der Waals surface area contributed by atoms with Crippen molar-refractivity contribution in [3.05, 3.63) is 42.0 Å². The standard InChI is InChI=1S/C16H16N2O/c17-10-11-8-9-15(13-5-2-1-4-12(11)13)19-16-7-3-6-14(16)18/h1-2,4-5,8-9,14,16H,3,6-7,18H2. The molecule has 0 aromatic heterocycles. The lowest BCUT2D eigenvalue weighted by molar-refractivity contribution is 0.194. The second-order valence-electron chi connectivity index (χ2n) is 5.02. The molecule has 0 bridgehead atoms. The number of hydrogen-bond acceptors (Lipinski definition) is 3. The number of nitrogens with two attached hydrogens (primary N) is 1. The number of hydrogen-bond donors (Lipinski definition) is 1. The first kappa shape index (κ1) is 12.0. The van der Waals surface area contributed by atoms with E-state index >= 15 is 0 Å². The number of fused-ring (bicyclic) bond motifs is 1. The minimum absolute atomic E-state index is 0.0938. The number of nitrogens with zero attached hydrogens (tertiary/aromatic N) is 1. The first-order valence-electron chi connectivity index (χ1n) is 6.63. The first-order valence-corrected chi connectivity index (χ1v) is 6.63. The van der Waals surface area contributed by atoms with Crippen molar-refractivity contribution in [2.45, 2.75) is 31.4 Å². The summed E-state index contributed by atoms with van der Waals surface area (Å²) in [5, 5.41) is 11.1. The van der Waals surface area contributed by atoms with E-state index in [2.05, 4.69) is 6.07 Å². The van der Waals surface area contributed by atoms with E-state index in [0.29, 0.717) is 5.56 Å². The molecule has 1 fully saturated rings. The molecule has 1 aliphatic rings. The van der Waals surface area contributed by atoms with Crippen molar-refractivity contribution < 1.29 is 4.74 Å². The summed E-state index contributed by atoms with van der Waals surface area (Å²) in [5.41, 5.74) is 6.73. The van der Waals surface area contributed by atoms with Crippen molar-refractivity contribution >= 4 is 10.8 Å². The first-order chi connectivity index (χ1) is 9.29. The Morgan fingerprint density at radius 3 is 2.58 bits per heavy atom. The Kier molecular flexibility index (Phi) is 3.10. The summed E-state index contributed by atoms with van der Waals surface area (Å²) in [5.74, 6) is 0.831. The molecule has 2 atom stereocenters. The van der Waals surface area contributed by atoms with Crippen LogP contribution in [-0.2, 0) is 0 Å². The summed E-state index contributed by atoms with van der Waals surface area (Å²) in [6.45, 7) is 0. The molecule has 2 aromatic carbocycles. The summed E-state index contributed by atoms with van der Waals surface area (Å²) < 4.78 is 6.07. The monoisotopic (exact) mass is 252 g/mol. The highest BCUT2D eigenvalue weighted by molar-refractivity contribution is 5.92. The number of rotatable bonds is 2. The van der Waals surface area contributed by atoms with Crippen LogP contribution in [0.5, 0.6) is 5.75 Å². The van der Waals surface area contributed by atoms with E-state index in [0.717, 1.165) is 35.8 Å². The average Bonchev–Trinajstić information content (AvgIpc) is 2.85. The topological polar surface area (TPSA) is 59.0 Å². The van der Waals surface area contributed by atoms with Gasteiger partial charge in [-0.1, -0.05) is 24.3 Å². The second kappa shape index (κ2) is 4.91. The van der Waals surface area contributed by atoms with E-state index in [1.807, 2.05) is 36.4 Å². The van der Waals surface area contributed by atoms with Crippen LogP contribution in [0.15, 0.2) is 36.4 Å². The fourth-order valence-corrected chi connectivity index (χ4v) is 2.74. The van der Waals surface area contributed by atoms with Gasteiger partial charge in [-0.15, -0.1) is 0 Å². The van der Waals surface area contributed by atoms with Gasteiger partial charge in [0.05, 0.1) is 11.6 Å². The third kappa shape index (κ3) is 2.16. The molecule has 3 rings (SSSR count). The molecule has 1 aliphatic carbocycles. The van der Waals surface area contributed by atoms with E-state index in [1.165, 1.54) is 0 Å². The molecule has 2 aromatic rings. The minimum Gasteiger partial charge on any atom is -0.488 e. The number of ether oxygens (including phenoxy) is 1. The molecular formula is C16H16N2O. The van der Waals surface area contributed by atoms with Crippen molar-refractivity contribution in [3.8, 4) is 11.8 Å². The second-order valence-corrected chi connectivity index (χ2v) is 5.02. The lowest BCUT2D eigenvalue weighted by Gasteiger charge is -2.19. The zero-order chi connectivity index (χ0) is 13.2. The largest absolute Gasteiger partial charge is 0.488 e. The van der Waals surface area contributed by atoms with Crippen molar-refractivity contribution in [1.82, 2.24) is 0 Å². The average molecular weight is 252 g/mol. The molecule has 96 valence electrons. The van der Waals surface area contributed by atoms with Gasteiger partial charge in [-0.3, -0.25) is 0 Å². The molecular weight excluding hydrogens is 236 g/mol. The van der Waals surface area contributed by atoms with Gasteiger partial charge in [0.25, 0.3) is 0 Å². The Morgan fingerprint density at radius 1 is 1.11 bits per heavy atom. The molecule has 0 spiro atoms. The summed E-state index contributed by atoms with van der Waals surface area (Å²) in [6, 6.07) is 13.9. The predicted octanol–water partition coefficient (Wildman–Crippen LogP) is 2.97. The van der Waals surface area contributed by atoms with E-state index in [4.69, 9.17) is 15.7 Å². The van der Waals surface area contributed by atoms with Crippen LogP contribution in [0.25, 0.3) is 10.8 Å². The van der Waals surface area contributed by atoms with E-state index in [9.17, 15) is 0 Å². The zero-order valence-electron chi connectivity index (χ0n) is 10.7. The summed E-state index contributed by atoms with van der Waals surface area (Å²) in [7, 11) is 0. The van der Waals surface area contributed by atoms with E-state index < -0.39 is 0 Å². The van der Waals surface area contributed by atoms with Crippen LogP contribution in [0.4, 0.5) is 0 Å². The summed E-state index contributed by atoms with van der Waals surface area (Å²) in [4.78, 5) is 0. The van der Waals surface area contributed by atoms with E-state index in [1.54, 1.807) is 0 Å².